The van der Waals surface area contributed by atoms with Crippen LogP contribution in [0.25, 0.3) is 0 Å². The number of rotatable bonds is 3. The summed E-state index contributed by atoms with van der Waals surface area (Å²) in [5.41, 5.74) is -2.16. The summed E-state index contributed by atoms with van der Waals surface area (Å²) in [4.78, 5) is 24.4. The lowest BCUT2D eigenvalue weighted by molar-refractivity contribution is -0.163. The lowest BCUT2D eigenvalue weighted by Crippen LogP contribution is -2.58. The van der Waals surface area contributed by atoms with Crippen molar-refractivity contribution in [3.05, 3.63) is 0 Å². The first kappa shape index (κ1) is 15.9. The number of amides is 2. The number of piperidine rings is 1. The highest BCUT2D eigenvalue weighted by molar-refractivity contribution is 5.83. The van der Waals surface area contributed by atoms with Gasteiger partial charge in [-0.3, -0.25) is 0 Å². The molecule has 1 aliphatic carbocycles. The summed E-state index contributed by atoms with van der Waals surface area (Å²) in [5, 5.41) is 11.2. The van der Waals surface area contributed by atoms with Crippen LogP contribution in [0, 0.1) is 5.92 Å². The van der Waals surface area contributed by atoms with Crippen LogP contribution < -0.4 is 5.32 Å². The molecular formula is C13H19F3N2O3. The summed E-state index contributed by atoms with van der Waals surface area (Å²) in [5.74, 6) is -0.979. The van der Waals surface area contributed by atoms with Crippen LogP contribution in [0.15, 0.2) is 0 Å². The third-order valence-electron chi connectivity index (χ3n) is 4.47. The van der Waals surface area contributed by atoms with Gasteiger partial charge in [0.05, 0.1) is 0 Å². The predicted octanol–water partition coefficient (Wildman–Crippen LogP) is 2.37. The highest BCUT2D eigenvalue weighted by atomic mass is 19.4. The third kappa shape index (κ3) is 3.08. The van der Waals surface area contributed by atoms with Crippen LogP contribution in [0.5, 0.6) is 0 Å². The Morgan fingerprint density at radius 1 is 1.38 bits per heavy atom. The molecule has 0 bridgehead atoms. The van der Waals surface area contributed by atoms with Crippen molar-refractivity contribution in [3.8, 4) is 0 Å². The van der Waals surface area contributed by atoms with Gasteiger partial charge in [0, 0.05) is 6.54 Å². The van der Waals surface area contributed by atoms with Gasteiger partial charge in [0.2, 0.25) is 0 Å². The fourth-order valence-corrected chi connectivity index (χ4v) is 2.77. The van der Waals surface area contributed by atoms with E-state index >= 15 is 0 Å². The molecule has 0 aromatic heterocycles. The van der Waals surface area contributed by atoms with Gasteiger partial charge in [0.15, 0.2) is 0 Å². The Bertz CT molecular complexity index is 435. The van der Waals surface area contributed by atoms with E-state index in [2.05, 4.69) is 0 Å². The van der Waals surface area contributed by atoms with E-state index in [0.717, 1.165) is 11.3 Å². The Kier molecular flexibility index (Phi) is 4.08. The molecular weight excluding hydrogens is 289 g/mol. The lowest BCUT2D eigenvalue weighted by atomic mass is 9.89. The van der Waals surface area contributed by atoms with E-state index in [1.54, 1.807) is 0 Å². The van der Waals surface area contributed by atoms with Gasteiger partial charge in [-0.25, -0.2) is 9.59 Å². The van der Waals surface area contributed by atoms with E-state index in [4.69, 9.17) is 0 Å². The van der Waals surface area contributed by atoms with Crippen LogP contribution in [-0.2, 0) is 4.79 Å². The van der Waals surface area contributed by atoms with Gasteiger partial charge in [-0.1, -0.05) is 13.3 Å². The molecule has 2 N–H and O–H groups in total. The van der Waals surface area contributed by atoms with E-state index in [-0.39, 0.29) is 31.7 Å². The molecule has 120 valence electrons. The van der Waals surface area contributed by atoms with Crippen LogP contribution >= 0.6 is 0 Å². The van der Waals surface area contributed by atoms with Gasteiger partial charge in [-0.15, -0.1) is 0 Å². The van der Waals surface area contributed by atoms with Crippen molar-refractivity contribution in [1.82, 2.24) is 10.2 Å². The minimum absolute atomic E-state index is 0.147. The highest BCUT2D eigenvalue weighted by Gasteiger charge is 2.64. The third-order valence-corrected chi connectivity index (χ3v) is 4.47. The zero-order valence-electron chi connectivity index (χ0n) is 11.7. The molecule has 8 heteroatoms. The second-order valence-corrected chi connectivity index (χ2v) is 5.86. The molecule has 2 aliphatic rings. The molecule has 21 heavy (non-hydrogen) atoms. The number of nitrogens with zero attached hydrogens (tertiary/aromatic N) is 1. The molecule has 5 nitrogen and oxygen atoms in total. The largest absolute Gasteiger partial charge is 0.480 e. The first-order chi connectivity index (χ1) is 9.70. The molecule has 1 heterocycles. The Balaban J connectivity index is 2.06. The van der Waals surface area contributed by atoms with Crippen LogP contribution in [0.4, 0.5) is 18.0 Å². The van der Waals surface area contributed by atoms with Crippen LogP contribution in [0.3, 0.4) is 0 Å². The van der Waals surface area contributed by atoms with Gasteiger partial charge in [-0.05, 0) is 31.6 Å². The summed E-state index contributed by atoms with van der Waals surface area (Å²) in [6, 6.07) is -1.97. The normalized spacial score (nSPS) is 28.1. The van der Waals surface area contributed by atoms with Gasteiger partial charge >= 0.3 is 18.2 Å². The van der Waals surface area contributed by atoms with Gasteiger partial charge in [0.1, 0.15) is 11.6 Å². The first-order valence-electron chi connectivity index (χ1n) is 7.08. The molecule has 2 rings (SSSR count). The number of carbonyl (C=O) groups excluding carboxylic acids is 1. The predicted molar refractivity (Wildman–Crippen MR) is 67.7 cm³/mol. The Morgan fingerprint density at radius 3 is 2.43 bits per heavy atom. The van der Waals surface area contributed by atoms with E-state index in [0.29, 0.717) is 6.42 Å². The van der Waals surface area contributed by atoms with Crippen LogP contribution in [0.2, 0.25) is 0 Å². The second kappa shape index (κ2) is 5.38. The van der Waals surface area contributed by atoms with Crippen molar-refractivity contribution < 1.29 is 27.9 Å². The maximum Gasteiger partial charge on any atom is 0.411 e. The maximum absolute atomic E-state index is 12.8. The Hall–Kier alpha value is -1.47. The molecule has 0 spiro atoms. The summed E-state index contributed by atoms with van der Waals surface area (Å²) < 4.78 is 38.5. The first-order valence-corrected chi connectivity index (χ1v) is 7.08. The van der Waals surface area contributed by atoms with E-state index in [9.17, 15) is 27.9 Å². The zero-order valence-corrected chi connectivity index (χ0v) is 11.7. The average Bonchev–Trinajstić information content (AvgIpc) is 3.18. The second-order valence-electron chi connectivity index (χ2n) is 5.86. The van der Waals surface area contributed by atoms with Crippen LogP contribution in [0.1, 0.15) is 39.0 Å². The summed E-state index contributed by atoms with van der Waals surface area (Å²) >= 11 is 0. The van der Waals surface area contributed by atoms with Crippen molar-refractivity contribution >= 4 is 12.0 Å². The van der Waals surface area contributed by atoms with E-state index in [1.807, 2.05) is 12.2 Å². The molecule has 0 radical (unpaired) electrons. The number of urea groups is 1. The number of carbonyl (C=O) groups is 2. The molecule has 1 saturated carbocycles. The molecule has 1 aliphatic heterocycles. The van der Waals surface area contributed by atoms with Crippen molar-refractivity contribution in [2.24, 2.45) is 5.92 Å². The molecule has 2 atom stereocenters. The number of aliphatic carboxylic acids is 1. The van der Waals surface area contributed by atoms with Gasteiger partial charge in [-0.2, -0.15) is 13.2 Å². The standard InChI is InChI=1S/C13H19F3N2O3/c1-2-8-3-6-18(9(7-8)10(19)20)11(21)17-12(4-5-12)13(14,15)16/h8-9H,2-7H2,1H3,(H,17,21)(H,19,20). The quantitative estimate of drug-likeness (QED) is 0.841. The number of likely N-dealkylation sites (tertiary alicyclic amines) is 1. The van der Waals surface area contributed by atoms with Crippen molar-refractivity contribution in [1.29, 1.82) is 0 Å². The fraction of sp³-hybridized carbons (Fsp3) is 0.846. The van der Waals surface area contributed by atoms with Gasteiger partial charge < -0.3 is 15.3 Å². The smallest absolute Gasteiger partial charge is 0.411 e. The number of hydrogen-bond donors (Lipinski definition) is 2. The number of carboxylic acid groups (broad SMARTS) is 1. The number of carboxylic acids is 1. The number of halogens is 3. The number of alkyl halides is 3. The van der Waals surface area contributed by atoms with Crippen molar-refractivity contribution in [2.75, 3.05) is 6.54 Å². The van der Waals surface area contributed by atoms with E-state index in [1.165, 1.54) is 0 Å². The fourth-order valence-electron chi connectivity index (χ4n) is 2.77. The van der Waals surface area contributed by atoms with E-state index < -0.39 is 29.8 Å². The topological polar surface area (TPSA) is 69.6 Å². The van der Waals surface area contributed by atoms with Crippen molar-refractivity contribution in [3.63, 3.8) is 0 Å². The van der Waals surface area contributed by atoms with Gasteiger partial charge in [0.25, 0.3) is 0 Å². The lowest BCUT2D eigenvalue weighted by Gasteiger charge is -2.38. The van der Waals surface area contributed by atoms with Crippen molar-refractivity contribution in [2.45, 2.75) is 56.8 Å². The molecule has 2 amide bonds. The summed E-state index contributed by atoms with van der Waals surface area (Å²) in [7, 11) is 0. The number of nitrogens with one attached hydrogen (secondary N) is 1. The SMILES string of the molecule is CCC1CCN(C(=O)NC2(C(F)(F)F)CC2)C(C(=O)O)C1. The summed E-state index contributed by atoms with van der Waals surface area (Å²) in [6.07, 6.45) is -3.09. The molecule has 1 saturated heterocycles. The Morgan fingerprint density at radius 2 is 2.00 bits per heavy atom. The Labute approximate surface area is 120 Å². The molecule has 2 unspecified atom stereocenters. The highest BCUT2D eigenvalue weighted by Crippen LogP contribution is 2.49. The summed E-state index contributed by atoms with van der Waals surface area (Å²) in [6.45, 7) is 2.11. The zero-order chi connectivity index (χ0) is 15.8. The average molecular weight is 308 g/mol. The maximum atomic E-state index is 12.8. The van der Waals surface area contributed by atoms with Crippen LogP contribution in [-0.4, -0.2) is 46.3 Å². The minimum atomic E-state index is -4.50. The monoisotopic (exact) mass is 308 g/mol. The molecule has 2 fully saturated rings. The molecule has 0 aromatic rings. The minimum Gasteiger partial charge on any atom is -0.480 e. The molecule has 0 aromatic carbocycles. The number of hydrogen-bond acceptors (Lipinski definition) is 2.